The Morgan fingerprint density at radius 2 is 2.26 bits per heavy atom. The molecule has 2 rings (SSSR count). The van der Waals surface area contributed by atoms with E-state index in [9.17, 15) is 9.59 Å². The monoisotopic (exact) mass is 284 g/mol. The first-order valence-electron chi connectivity index (χ1n) is 6.22. The standard InChI is InChI=1S/C12H16N2O4S/c1-3-8-10(18-7-9(15)17-4-2)13-12-14(11(8)16)5-6-19-12/h3-7H2,1-2H3. The molecule has 0 saturated heterocycles. The Balaban J connectivity index is 2.23. The van der Waals surface area contributed by atoms with Gasteiger partial charge in [0.2, 0.25) is 5.88 Å². The molecule has 0 atom stereocenters. The number of thioether (sulfide) groups is 1. The van der Waals surface area contributed by atoms with E-state index < -0.39 is 5.97 Å². The zero-order chi connectivity index (χ0) is 13.8. The van der Waals surface area contributed by atoms with Crippen molar-refractivity contribution in [2.75, 3.05) is 19.0 Å². The first-order valence-corrected chi connectivity index (χ1v) is 7.20. The van der Waals surface area contributed by atoms with Crippen LogP contribution in [0.2, 0.25) is 0 Å². The van der Waals surface area contributed by atoms with Gasteiger partial charge in [-0.05, 0) is 13.3 Å². The van der Waals surface area contributed by atoms with Crippen LogP contribution in [0.4, 0.5) is 0 Å². The van der Waals surface area contributed by atoms with Gasteiger partial charge in [-0.1, -0.05) is 18.7 Å². The lowest BCUT2D eigenvalue weighted by atomic mass is 10.2. The number of hydrogen-bond donors (Lipinski definition) is 0. The van der Waals surface area contributed by atoms with Gasteiger partial charge in [0, 0.05) is 12.3 Å². The first-order chi connectivity index (χ1) is 9.17. The third-order valence-electron chi connectivity index (χ3n) is 2.72. The minimum atomic E-state index is -0.459. The average Bonchev–Trinajstić information content (AvgIpc) is 2.85. The molecule has 0 amide bonds. The molecule has 1 aromatic heterocycles. The number of hydrogen-bond acceptors (Lipinski definition) is 6. The summed E-state index contributed by atoms with van der Waals surface area (Å²) in [6.45, 7) is 4.36. The zero-order valence-electron chi connectivity index (χ0n) is 11.0. The molecule has 0 N–H and O–H groups in total. The second-order valence-corrected chi connectivity index (χ2v) is 4.99. The molecule has 0 radical (unpaired) electrons. The summed E-state index contributed by atoms with van der Waals surface area (Å²) in [6.07, 6.45) is 0.523. The molecule has 2 heterocycles. The Bertz CT molecular complexity index is 541. The molecule has 19 heavy (non-hydrogen) atoms. The second-order valence-electron chi connectivity index (χ2n) is 3.93. The normalized spacial score (nSPS) is 13.2. The van der Waals surface area contributed by atoms with Crippen LogP contribution >= 0.6 is 11.8 Å². The van der Waals surface area contributed by atoms with Gasteiger partial charge in [-0.3, -0.25) is 9.36 Å². The van der Waals surface area contributed by atoms with E-state index in [2.05, 4.69) is 4.98 Å². The predicted octanol–water partition coefficient (Wildman–Crippen LogP) is 0.853. The van der Waals surface area contributed by atoms with Crippen LogP contribution in [-0.4, -0.2) is 34.5 Å². The van der Waals surface area contributed by atoms with Crippen LogP contribution < -0.4 is 10.3 Å². The lowest BCUT2D eigenvalue weighted by molar-refractivity contribution is -0.145. The summed E-state index contributed by atoms with van der Waals surface area (Å²) in [5.41, 5.74) is 0.437. The van der Waals surface area contributed by atoms with Crippen LogP contribution in [0.5, 0.6) is 5.88 Å². The van der Waals surface area contributed by atoms with E-state index in [1.54, 1.807) is 11.5 Å². The topological polar surface area (TPSA) is 70.4 Å². The molecular weight excluding hydrogens is 268 g/mol. The fourth-order valence-electron chi connectivity index (χ4n) is 1.84. The van der Waals surface area contributed by atoms with Gasteiger partial charge in [0.25, 0.3) is 5.56 Å². The number of fused-ring (bicyclic) bond motifs is 1. The number of nitrogens with zero attached hydrogens (tertiary/aromatic N) is 2. The molecule has 0 aromatic carbocycles. The molecule has 0 unspecified atom stereocenters. The van der Waals surface area contributed by atoms with E-state index in [1.165, 1.54) is 11.8 Å². The number of esters is 1. The molecule has 0 spiro atoms. The van der Waals surface area contributed by atoms with Crippen LogP contribution in [0.1, 0.15) is 19.4 Å². The van der Waals surface area contributed by atoms with Crippen molar-refractivity contribution in [2.24, 2.45) is 0 Å². The van der Waals surface area contributed by atoms with Gasteiger partial charge in [0.1, 0.15) is 0 Å². The molecule has 0 saturated carbocycles. The fraction of sp³-hybridized carbons (Fsp3) is 0.583. The van der Waals surface area contributed by atoms with Crippen molar-refractivity contribution in [3.8, 4) is 5.88 Å². The Morgan fingerprint density at radius 1 is 1.47 bits per heavy atom. The van der Waals surface area contributed by atoms with E-state index in [1.807, 2.05) is 6.92 Å². The largest absolute Gasteiger partial charge is 0.465 e. The highest BCUT2D eigenvalue weighted by Crippen LogP contribution is 2.25. The SMILES string of the molecule is CCOC(=O)COc1nc2n(c(=O)c1CC)CCS2. The number of ether oxygens (including phenoxy) is 2. The fourth-order valence-corrected chi connectivity index (χ4v) is 2.78. The molecule has 104 valence electrons. The number of aromatic nitrogens is 2. The van der Waals surface area contributed by atoms with Crippen LogP contribution in [-0.2, 0) is 22.5 Å². The Labute approximate surface area is 115 Å². The summed E-state index contributed by atoms with van der Waals surface area (Å²) >= 11 is 1.52. The molecule has 1 aromatic rings. The molecule has 0 fully saturated rings. The Hall–Kier alpha value is -1.50. The third kappa shape index (κ3) is 2.91. The van der Waals surface area contributed by atoms with Gasteiger partial charge in [-0.2, -0.15) is 4.98 Å². The maximum absolute atomic E-state index is 12.2. The highest BCUT2D eigenvalue weighted by molar-refractivity contribution is 7.99. The van der Waals surface area contributed by atoms with Crippen molar-refractivity contribution in [3.63, 3.8) is 0 Å². The van der Waals surface area contributed by atoms with E-state index in [4.69, 9.17) is 9.47 Å². The highest BCUT2D eigenvalue weighted by Gasteiger charge is 2.21. The van der Waals surface area contributed by atoms with Gasteiger partial charge in [-0.25, -0.2) is 4.79 Å². The lowest BCUT2D eigenvalue weighted by Gasteiger charge is -2.11. The summed E-state index contributed by atoms with van der Waals surface area (Å²) < 4.78 is 11.8. The van der Waals surface area contributed by atoms with Gasteiger partial charge >= 0.3 is 5.97 Å². The van der Waals surface area contributed by atoms with Crippen LogP contribution in [0.3, 0.4) is 0 Å². The van der Waals surface area contributed by atoms with Crippen molar-refractivity contribution in [2.45, 2.75) is 32.0 Å². The quantitative estimate of drug-likeness (QED) is 0.590. The smallest absolute Gasteiger partial charge is 0.344 e. The number of rotatable bonds is 5. The van der Waals surface area contributed by atoms with E-state index in [-0.39, 0.29) is 18.0 Å². The summed E-state index contributed by atoms with van der Waals surface area (Å²) in [5.74, 6) is 0.632. The molecule has 7 heteroatoms. The first kappa shape index (κ1) is 13.9. The Morgan fingerprint density at radius 3 is 2.95 bits per heavy atom. The molecule has 1 aliphatic rings. The zero-order valence-corrected chi connectivity index (χ0v) is 11.8. The van der Waals surface area contributed by atoms with Gasteiger partial charge in [0.05, 0.1) is 12.2 Å². The predicted molar refractivity (Wildman–Crippen MR) is 70.7 cm³/mol. The van der Waals surface area contributed by atoms with Gasteiger partial charge in [-0.15, -0.1) is 0 Å². The van der Waals surface area contributed by atoms with Gasteiger partial charge in [0.15, 0.2) is 11.8 Å². The number of carbonyl (C=O) groups is 1. The molecule has 1 aliphatic heterocycles. The second kappa shape index (κ2) is 6.10. The van der Waals surface area contributed by atoms with Crippen molar-refractivity contribution < 1.29 is 14.3 Å². The van der Waals surface area contributed by atoms with Crippen LogP contribution in [0, 0.1) is 0 Å². The maximum Gasteiger partial charge on any atom is 0.344 e. The van der Waals surface area contributed by atoms with Crippen LogP contribution in [0.15, 0.2) is 9.95 Å². The van der Waals surface area contributed by atoms with Crippen molar-refractivity contribution in [1.82, 2.24) is 9.55 Å². The van der Waals surface area contributed by atoms with E-state index in [0.717, 1.165) is 5.75 Å². The maximum atomic E-state index is 12.2. The summed E-state index contributed by atoms with van der Waals surface area (Å²) in [7, 11) is 0. The molecule has 0 aliphatic carbocycles. The summed E-state index contributed by atoms with van der Waals surface area (Å²) in [4.78, 5) is 27.8. The summed E-state index contributed by atoms with van der Waals surface area (Å²) in [5, 5.41) is 0.654. The van der Waals surface area contributed by atoms with Crippen molar-refractivity contribution in [3.05, 3.63) is 15.9 Å². The van der Waals surface area contributed by atoms with Gasteiger partial charge < -0.3 is 9.47 Å². The highest BCUT2D eigenvalue weighted by atomic mass is 32.2. The molecule has 6 nitrogen and oxygen atoms in total. The Kier molecular flexibility index (Phi) is 4.47. The van der Waals surface area contributed by atoms with Crippen molar-refractivity contribution >= 4 is 17.7 Å². The van der Waals surface area contributed by atoms with E-state index >= 15 is 0 Å². The minimum absolute atomic E-state index is 0.0728. The average molecular weight is 284 g/mol. The summed E-state index contributed by atoms with van der Waals surface area (Å²) in [6, 6.07) is 0. The third-order valence-corrected chi connectivity index (χ3v) is 3.68. The molecular formula is C12H16N2O4S. The van der Waals surface area contributed by atoms with E-state index in [0.29, 0.717) is 30.3 Å². The minimum Gasteiger partial charge on any atom is -0.465 e. The van der Waals surface area contributed by atoms with Crippen molar-refractivity contribution in [1.29, 1.82) is 0 Å². The number of carbonyl (C=O) groups excluding carboxylic acids is 1. The molecule has 0 bridgehead atoms. The van der Waals surface area contributed by atoms with Crippen LogP contribution in [0.25, 0.3) is 0 Å². The lowest BCUT2D eigenvalue weighted by Crippen LogP contribution is -2.26.